The first-order chi connectivity index (χ1) is 12.5. The summed E-state index contributed by atoms with van der Waals surface area (Å²) in [6.45, 7) is 9.69. The van der Waals surface area contributed by atoms with Crippen LogP contribution < -0.4 is 10.1 Å². The molecule has 0 unspecified atom stereocenters. The zero-order valence-electron chi connectivity index (χ0n) is 16.2. The van der Waals surface area contributed by atoms with Crippen LogP contribution in [0.15, 0.2) is 42.6 Å². The quantitative estimate of drug-likeness (QED) is 0.697. The van der Waals surface area contributed by atoms with Gasteiger partial charge in [0.15, 0.2) is 0 Å². The molecule has 0 atom stereocenters. The van der Waals surface area contributed by atoms with Gasteiger partial charge < -0.3 is 15.0 Å². The van der Waals surface area contributed by atoms with Gasteiger partial charge in [-0.25, -0.2) is 4.98 Å². The Labute approximate surface area is 156 Å². The molecular weight excluding hydrogens is 326 g/mol. The van der Waals surface area contributed by atoms with Gasteiger partial charge in [0.1, 0.15) is 11.6 Å². The van der Waals surface area contributed by atoms with Gasteiger partial charge in [-0.3, -0.25) is 4.79 Å². The Bertz CT molecular complexity index is 693. The second kappa shape index (κ2) is 9.80. The van der Waals surface area contributed by atoms with Gasteiger partial charge in [0.2, 0.25) is 0 Å². The molecule has 1 amide bonds. The molecule has 0 spiro atoms. The number of nitrogens with zero attached hydrogens (tertiary/aromatic N) is 2. The number of benzene rings is 1. The molecule has 0 aliphatic carbocycles. The molecule has 0 aliphatic rings. The van der Waals surface area contributed by atoms with Crippen LogP contribution in [0, 0.1) is 0 Å². The van der Waals surface area contributed by atoms with Crippen molar-refractivity contribution in [3.05, 3.63) is 48.2 Å². The van der Waals surface area contributed by atoms with Crippen LogP contribution in [0.25, 0.3) is 0 Å². The highest BCUT2D eigenvalue weighted by atomic mass is 16.5. The lowest BCUT2D eigenvalue weighted by Gasteiger charge is -2.21. The molecule has 2 rings (SSSR count). The average molecular weight is 355 g/mol. The molecule has 0 saturated heterocycles. The Hall–Kier alpha value is -2.56. The summed E-state index contributed by atoms with van der Waals surface area (Å²) in [5.41, 5.74) is 1.47. The van der Waals surface area contributed by atoms with E-state index in [4.69, 9.17) is 4.74 Å². The van der Waals surface area contributed by atoms with Crippen LogP contribution in [0.1, 0.15) is 50.9 Å². The smallest absolute Gasteiger partial charge is 0.255 e. The van der Waals surface area contributed by atoms with Gasteiger partial charge in [-0.15, -0.1) is 0 Å². The number of anilines is 2. The minimum Gasteiger partial charge on any atom is -0.489 e. The molecule has 0 radical (unpaired) electrons. The zero-order chi connectivity index (χ0) is 18.9. The van der Waals surface area contributed by atoms with Crippen LogP contribution in [-0.4, -0.2) is 35.0 Å². The number of aromatic nitrogens is 1. The van der Waals surface area contributed by atoms with Gasteiger partial charge in [-0.1, -0.05) is 26.0 Å². The van der Waals surface area contributed by atoms with E-state index >= 15 is 0 Å². The van der Waals surface area contributed by atoms with Crippen LogP contribution in [-0.2, 0) is 0 Å². The third kappa shape index (κ3) is 5.48. The summed E-state index contributed by atoms with van der Waals surface area (Å²) in [6.07, 6.45) is 3.63. The van der Waals surface area contributed by atoms with Gasteiger partial charge in [0.25, 0.3) is 5.91 Å². The van der Waals surface area contributed by atoms with Crippen molar-refractivity contribution >= 4 is 17.4 Å². The molecule has 1 aromatic heterocycles. The molecule has 0 saturated carbocycles. The Morgan fingerprint density at radius 3 is 2.38 bits per heavy atom. The summed E-state index contributed by atoms with van der Waals surface area (Å²) in [5, 5.41) is 3.26. The summed E-state index contributed by atoms with van der Waals surface area (Å²) in [6, 6.07) is 11.4. The first-order valence-electron chi connectivity index (χ1n) is 9.33. The predicted molar refractivity (Wildman–Crippen MR) is 106 cm³/mol. The molecule has 1 aromatic carbocycles. The van der Waals surface area contributed by atoms with Crippen LogP contribution in [0.2, 0.25) is 0 Å². The molecule has 0 aliphatic heterocycles. The Balaban J connectivity index is 2.11. The SMILES string of the molecule is CCCN(CCC)C(=O)c1ccc(Nc2ccccc2OC(C)C)nc1. The number of amides is 1. The third-order valence-corrected chi connectivity index (χ3v) is 3.80. The second-order valence-corrected chi connectivity index (χ2v) is 6.51. The molecule has 1 heterocycles. The number of rotatable bonds is 9. The van der Waals surface area contributed by atoms with E-state index in [9.17, 15) is 4.79 Å². The highest BCUT2D eigenvalue weighted by Crippen LogP contribution is 2.27. The van der Waals surface area contributed by atoms with Crippen LogP contribution in [0.3, 0.4) is 0 Å². The highest BCUT2D eigenvalue weighted by molar-refractivity contribution is 5.94. The van der Waals surface area contributed by atoms with Crippen molar-refractivity contribution in [3.63, 3.8) is 0 Å². The average Bonchev–Trinajstić information content (AvgIpc) is 2.63. The largest absolute Gasteiger partial charge is 0.489 e. The first kappa shape index (κ1) is 19.8. The molecule has 0 fully saturated rings. The van der Waals surface area contributed by atoms with Crippen molar-refractivity contribution in [2.75, 3.05) is 18.4 Å². The number of para-hydroxylation sites is 2. The maximum atomic E-state index is 12.6. The summed E-state index contributed by atoms with van der Waals surface area (Å²) in [7, 11) is 0. The Morgan fingerprint density at radius 1 is 1.12 bits per heavy atom. The molecule has 0 bridgehead atoms. The fourth-order valence-electron chi connectivity index (χ4n) is 2.70. The normalized spacial score (nSPS) is 10.7. The highest BCUT2D eigenvalue weighted by Gasteiger charge is 2.14. The second-order valence-electron chi connectivity index (χ2n) is 6.51. The third-order valence-electron chi connectivity index (χ3n) is 3.80. The van der Waals surface area contributed by atoms with E-state index in [-0.39, 0.29) is 12.0 Å². The van der Waals surface area contributed by atoms with Gasteiger partial charge in [0, 0.05) is 19.3 Å². The number of hydrogen-bond donors (Lipinski definition) is 1. The summed E-state index contributed by atoms with van der Waals surface area (Å²) in [5.74, 6) is 1.50. The monoisotopic (exact) mass is 355 g/mol. The molecular formula is C21H29N3O2. The van der Waals surface area contributed by atoms with Crippen LogP contribution in [0.4, 0.5) is 11.5 Å². The van der Waals surface area contributed by atoms with Crippen molar-refractivity contribution < 1.29 is 9.53 Å². The summed E-state index contributed by atoms with van der Waals surface area (Å²) >= 11 is 0. The van der Waals surface area contributed by atoms with E-state index in [0.717, 1.165) is 37.4 Å². The van der Waals surface area contributed by atoms with Gasteiger partial charge >= 0.3 is 0 Å². The maximum absolute atomic E-state index is 12.6. The van der Waals surface area contributed by atoms with Gasteiger partial charge in [0.05, 0.1) is 17.4 Å². The fourth-order valence-corrected chi connectivity index (χ4v) is 2.70. The lowest BCUT2D eigenvalue weighted by Crippen LogP contribution is -2.32. The standard InChI is InChI=1S/C21H29N3O2/c1-5-13-24(14-6-2)21(25)17-11-12-20(22-15-17)23-18-9-7-8-10-19(18)26-16(3)4/h7-12,15-16H,5-6,13-14H2,1-4H3,(H,22,23). The molecule has 1 N–H and O–H groups in total. The summed E-state index contributed by atoms with van der Waals surface area (Å²) in [4.78, 5) is 18.9. The van der Waals surface area contributed by atoms with E-state index in [1.807, 2.05) is 55.1 Å². The van der Waals surface area contributed by atoms with Crippen molar-refractivity contribution in [1.29, 1.82) is 0 Å². The van der Waals surface area contributed by atoms with Crippen LogP contribution >= 0.6 is 0 Å². The minimum absolute atomic E-state index is 0.0382. The van der Waals surface area contributed by atoms with Gasteiger partial charge in [-0.2, -0.15) is 0 Å². The predicted octanol–water partition coefficient (Wildman–Crippen LogP) is 4.87. The fraction of sp³-hybridized carbons (Fsp3) is 0.429. The minimum atomic E-state index is 0.0382. The van der Waals surface area contributed by atoms with E-state index in [1.165, 1.54) is 0 Å². The molecule has 26 heavy (non-hydrogen) atoms. The van der Waals surface area contributed by atoms with E-state index in [1.54, 1.807) is 6.20 Å². The number of pyridine rings is 1. The molecule has 140 valence electrons. The van der Waals surface area contributed by atoms with Crippen molar-refractivity contribution in [2.45, 2.75) is 46.6 Å². The first-order valence-corrected chi connectivity index (χ1v) is 9.33. The van der Waals surface area contributed by atoms with Crippen molar-refractivity contribution in [1.82, 2.24) is 9.88 Å². The van der Waals surface area contributed by atoms with Crippen LogP contribution in [0.5, 0.6) is 5.75 Å². The van der Waals surface area contributed by atoms with Gasteiger partial charge in [-0.05, 0) is 51.0 Å². The Kier molecular flexibility index (Phi) is 7.45. The summed E-state index contributed by atoms with van der Waals surface area (Å²) < 4.78 is 5.81. The molecule has 2 aromatic rings. The number of nitrogens with one attached hydrogen (secondary N) is 1. The van der Waals surface area contributed by atoms with E-state index < -0.39 is 0 Å². The Morgan fingerprint density at radius 2 is 1.81 bits per heavy atom. The van der Waals surface area contributed by atoms with Crippen molar-refractivity contribution in [3.8, 4) is 5.75 Å². The number of hydrogen-bond acceptors (Lipinski definition) is 4. The maximum Gasteiger partial charge on any atom is 0.255 e. The van der Waals surface area contributed by atoms with E-state index in [0.29, 0.717) is 11.4 Å². The lowest BCUT2D eigenvalue weighted by atomic mass is 10.2. The number of ether oxygens (including phenoxy) is 1. The number of carbonyl (C=O) groups is 1. The molecule has 5 heteroatoms. The molecule has 5 nitrogen and oxygen atoms in total. The topological polar surface area (TPSA) is 54.5 Å². The van der Waals surface area contributed by atoms with Crippen molar-refractivity contribution in [2.24, 2.45) is 0 Å². The number of carbonyl (C=O) groups excluding carboxylic acids is 1. The zero-order valence-corrected chi connectivity index (χ0v) is 16.2. The van der Waals surface area contributed by atoms with E-state index in [2.05, 4.69) is 24.1 Å². The lowest BCUT2D eigenvalue weighted by molar-refractivity contribution is 0.0755.